The molecular formula is C16H27N. The van der Waals surface area contributed by atoms with Crippen LogP contribution in [0.25, 0.3) is 0 Å². The van der Waals surface area contributed by atoms with E-state index in [9.17, 15) is 0 Å². The van der Waals surface area contributed by atoms with Gasteiger partial charge in [0.1, 0.15) is 0 Å². The molecule has 2 rings (SSSR count). The van der Waals surface area contributed by atoms with Gasteiger partial charge in [-0.2, -0.15) is 0 Å². The summed E-state index contributed by atoms with van der Waals surface area (Å²) in [6.45, 7) is 18.0. The Morgan fingerprint density at radius 3 is 2.41 bits per heavy atom. The van der Waals surface area contributed by atoms with Gasteiger partial charge < -0.3 is 0 Å². The van der Waals surface area contributed by atoms with Crippen molar-refractivity contribution in [1.29, 1.82) is 0 Å². The molecule has 0 radical (unpaired) electrons. The van der Waals surface area contributed by atoms with Crippen LogP contribution in [0.5, 0.6) is 0 Å². The lowest BCUT2D eigenvalue weighted by Crippen LogP contribution is -2.30. The largest absolute Gasteiger partial charge is 0.299 e. The molecule has 1 aliphatic rings. The quantitative estimate of drug-likeness (QED) is 0.657. The van der Waals surface area contributed by atoms with Crippen molar-refractivity contribution in [1.82, 2.24) is 4.90 Å². The maximum absolute atomic E-state index is 3.00. The average molecular weight is 233 g/mol. The second-order valence-electron chi connectivity index (χ2n) is 3.89. The molecule has 1 aliphatic heterocycles. The highest BCUT2D eigenvalue weighted by Crippen LogP contribution is 2.19. The average Bonchev–Trinajstić information content (AvgIpc) is 2.42. The molecule has 0 unspecified atom stereocenters. The molecule has 96 valence electrons. The van der Waals surface area contributed by atoms with Gasteiger partial charge in [-0.1, -0.05) is 44.5 Å². The zero-order chi connectivity index (χ0) is 13.3. The van der Waals surface area contributed by atoms with Crippen molar-refractivity contribution in [2.75, 3.05) is 13.1 Å². The Hall–Kier alpha value is -1.08. The van der Waals surface area contributed by atoms with Gasteiger partial charge in [0, 0.05) is 13.1 Å². The molecule has 0 atom stereocenters. The smallest absolute Gasteiger partial charge is 0.0236 e. The monoisotopic (exact) mass is 233 g/mol. The minimum atomic E-state index is 1.14. The van der Waals surface area contributed by atoms with Crippen LogP contribution in [0.3, 0.4) is 0 Å². The topological polar surface area (TPSA) is 3.24 Å². The Bertz CT molecular complexity index is 317. The zero-order valence-corrected chi connectivity index (χ0v) is 11.9. The van der Waals surface area contributed by atoms with Crippen molar-refractivity contribution < 1.29 is 0 Å². The van der Waals surface area contributed by atoms with E-state index in [0.29, 0.717) is 0 Å². The minimum absolute atomic E-state index is 1.14. The van der Waals surface area contributed by atoms with Crippen molar-refractivity contribution in [2.45, 2.75) is 40.7 Å². The Labute approximate surface area is 107 Å². The number of rotatable bonds is 1. The van der Waals surface area contributed by atoms with Crippen LogP contribution in [0.4, 0.5) is 0 Å². The summed E-state index contributed by atoms with van der Waals surface area (Å²) in [6.07, 6.45) is 1.23. The van der Waals surface area contributed by atoms with Crippen molar-refractivity contribution in [3.63, 3.8) is 0 Å². The lowest BCUT2D eigenvalue weighted by Gasteiger charge is -2.27. The summed E-state index contributed by atoms with van der Waals surface area (Å²) in [5.41, 5.74) is 4.48. The molecule has 0 amide bonds. The molecule has 0 aromatic heterocycles. The summed E-state index contributed by atoms with van der Waals surface area (Å²) in [5, 5.41) is 0. The number of hydrogen-bond donors (Lipinski definition) is 0. The molecule has 0 bridgehead atoms. The van der Waals surface area contributed by atoms with Crippen molar-refractivity contribution >= 4 is 0 Å². The molecule has 0 saturated heterocycles. The molecule has 1 nitrogen and oxygen atoms in total. The van der Waals surface area contributed by atoms with Crippen LogP contribution in [-0.4, -0.2) is 18.0 Å². The predicted molar refractivity (Wildman–Crippen MR) is 78.4 cm³/mol. The first-order chi connectivity index (χ1) is 8.29. The Morgan fingerprint density at radius 1 is 1.18 bits per heavy atom. The number of aryl methyl sites for hydroxylation is 1. The number of likely N-dealkylation sites (N-methyl/N-ethyl adjacent to an activating group) is 1. The van der Waals surface area contributed by atoms with E-state index in [2.05, 4.69) is 50.1 Å². The van der Waals surface area contributed by atoms with Crippen LogP contribution in [0.1, 0.15) is 37.5 Å². The SMILES string of the molecule is C=C.CC.CCN1CCc2cc(C)ccc2C1. The lowest BCUT2D eigenvalue weighted by molar-refractivity contribution is 0.268. The molecule has 1 aromatic rings. The van der Waals surface area contributed by atoms with E-state index in [4.69, 9.17) is 0 Å². The summed E-state index contributed by atoms with van der Waals surface area (Å²) in [7, 11) is 0. The van der Waals surface area contributed by atoms with Gasteiger partial charge in [-0.25, -0.2) is 0 Å². The van der Waals surface area contributed by atoms with Crippen LogP contribution in [0.15, 0.2) is 31.4 Å². The molecular weight excluding hydrogens is 206 g/mol. The normalized spacial score (nSPS) is 13.6. The van der Waals surface area contributed by atoms with Crippen molar-refractivity contribution in [3.05, 3.63) is 48.0 Å². The fourth-order valence-electron chi connectivity index (χ4n) is 2.01. The van der Waals surface area contributed by atoms with Gasteiger partial charge in [-0.05, 0) is 31.0 Å². The van der Waals surface area contributed by atoms with Gasteiger partial charge in [0.05, 0.1) is 0 Å². The van der Waals surface area contributed by atoms with Crippen molar-refractivity contribution in [2.24, 2.45) is 0 Å². The Morgan fingerprint density at radius 2 is 1.82 bits per heavy atom. The van der Waals surface area contributed by atoms with Gasteiger partial charge in [0.25, 0.3) is 0 Å². The number of nitrogens with zero attached hydrogens (tertiary/aromatic N) is 1. The van der Waals surface area contributed by atoms with Crippen LogP contribution in [0.2, 0.25) is 0 Å². The fraction of sp³-hybridized carbons (Fsp3) is 0.500. The first kappa shape index (κ1) is 15.9. The lowest BCUT2D eigenvalue weighted by atomic mass is 9.98. The molecule has 17 heavy (non-hydrogen) atoms. The van der Waals surface area contributed by atoms with E-state index in [1.54, 1.807) is 5.56 Å². The first-order valence-electron chi connectivity index (χ1n) is 6.60. The van der Waals surface area contributed by atoms with E-state index < -0.39 is 0 Å². The maximum Gasteiger partial charge on any atom is 0.0236 e. The van der Waals surface area contributed by atoms with Gasteiger partial charge in [-0.3, -0.25) is 4.90 Å². The standard InChI is InChI=1S/C12H17N.C2H6.C2H4/c1-3-13-7-6-11-8-10(2)4-5-12(11)9-13;2*1-2/h4-5,8H,3,6-7,9H2,1-2H3;1-2H3;1-2H2. The van der Waals surface area contributed by atoms with E-state index >= 15 is 0 Å². The van der Waals surface area contributed by atoms with E-state index in [-0.39, 0.29) is 0 Å². The van der Waals surface area contributed by atoms with E-state index in [0.717, 1.165) is 6.54 Å². The highest BCUT2D eigenvalue weighted by molar-refractivity contribution is 5.33. The fourth-order valence-corrected chi connectivity index (χ4v) is 2.01. The molecule has 1 heterocycles. The minimum Gasteiger partial charge on any atom is -0.299 e. The highest BCUT2D eigenvalue weighted by Gasteiger charge is 2.13. The molecule has 0 N–H and O–H groups in total. The van der Waals surface area contributed by atoms with Gasteiger partial charge in [0.15, 0.2) is 0 Å². The molecule has 0 aliphatic carbocycles. The first-order valence-corrected chi connectivity index (χ1v) is 6.60. The predicted octanol–water partition coefficient (Wildman–Crippen LogP) is 4.20. The molecule has 0 spiro atoms. The third kappa shape index (κ3) is 4.74. The third-order valence-electron chi connectivity index (χ3n) is 2.90. The highest BCUT2D eigenvalue weighted by atomic mass is 15.1. The van der Waals surface area contributed by atoms with E-state index in [1.807, 2.05) is 13.8 Å². The molecule has 1 aromatic carbocycles. The molecule has 0 fully saturated rings. The Balaban J connectivity index is 0.000000581. The second kappa shape index (κ2) is 9.00. The molecule has 1 heteroatoms. The zero-order valence-electron chi connectivity index (χ0n) is 11.9. The number of fused-ring (bicyclic) bond motifs is 1. The van der Waals surface area contributed by atoms with Crippen molar-refractivity contribution in [3.8, 4) is 0 Å². The maximum atomic E-state index is 3.00. The van der Waals surface area contributed by atoms with E-state index in [1.165, 1.54) is 30.6 Å². The summed E-state index contributed by atoms with van der Waals surface area (Å²) < 4.78 is 0. The summed E-state index contributed by atoms with van der Waals surface area (Å²) in [5.74, 6) is 0. The summed E-state index contributed by atoms with van der Waals surface area (Å²) in [4.78, 5) is 2.50. The summed E-state index contributed by atoms with van der Waals surface area (Å²) >= 11 is 0. The molecule has 0 saturated carbocycles. The van der Waals surface area contributed by atoms with Gasteiger partial charge in [-0.15, -0.1) is 13.2 Å². The van der Waals surface area contributed by atoms with Crippen LogP contribution in [0, 0.1) is 6.92 Å². The number of hydrogen-bond acceptors (Lipinski definition) is 1. The summed E-state index contributed by atoms with van der Waals surface area (Å²) in [6, 6.07) is 6.84. The second-order valence-corrected chi connectivity index (χ2v) is 3.89. The Kier molecular flexibility index (Phi) is 8.43. The van der Waals surface area contributed by atoms with Crippen LogP contribution >= 0.6 is 0 Å². The van der Waals surface area contributed by atoms with Crippen LogP contribution in [-0.2, 0) is 13.0 Å². The number of benzene rings is 1. The van der Waals surface area contributed by atoms with Crippen LogP contribution < -0.4 is 0 Å². The van der Waals surface area contributed by atoms with Gasteiger partial charge in [0.2, 0.25) is 0 Å². The third-order valence-corrected chi connectivity index (χ3v) is 2.90. The van der Waals surface area contributed by atoms with Gasteiger partial charge >= 0.3 is 0 Å².